The van der Waals surface area contributed by atoms with Gasteiger partial charge in [0.2, 0.25) is 0 Å². The highest BCUT2D eigenvalue weighted by Crippen LogP contribution is 2.43. The summed E-state index contributed by atoms with van der Waals surface area (Å²) in [5.74, 6) is -2.97. The smallest absolute Gasteiger partial charge is 0.258 e. The molecule has 1 aromatic carbocycles. The first kappa shape index (κ1) is 15.4. The molecule has 0 bridgehead atoms. The Morgan fingerprint density at radius 2 is 1.74 bits per heavy atom. The van der Waals surface area contributed by atoms with E-state index in [-0.39, 0.29) is 11.6 Å². The average Bonchev–Trinajstić information content (AvgIpc) is 3.17. The normalized spacial score (nSPS) is 15.0. The number of nitro groups is 1. The molecule has 0 aliphatic heterocycles. The minimum absolute atomic E-state index is 0.0315. The minimum Gasteiger partial charge on any atom is -0.258 e. The van der Waals surface area contributed by atoms with E-state index in [1.165, 1.54) is 0 Å². The van der Waals surface area contributed by atoms with Gasteiger partial charge in [0.1, 0.15) is 5.69 Å². The average molecular weight is 333 g/mol. The standard InChI is InChI=1S/C13H8F5N3O2/c14-8-3-7(21(22)23)4-9(15)12(8)20-10(6-1-2-6)5-11(19-20)13(16,17)18/h3-6H,1-2H2. The Morgan fingerprint density at radius 1 is 1.17 bits per heavy atom. The molecule has 10 heteroatoms. The summed E-state index contributed by atoms with van der Waals surface area (Å²) in [5, 5.41) is 13.8. The molecule has 2 aromatic rings. The Labute approximate surface area is 125 Å². The monoisotopic (exact) mass is 333 g/mol. The van der Waals surface area contributed by atoms with Crippen molar-refractivity contribution in [1.82, 2.24) is 9.78 Å². The molecule has 0 spiro atoms. The molecule has 0 unspecified atom stereocenters. The van der Waals surface area contributed by atoms with E-state index in [4.69, 9.17) is 0 Å². The van der Waals surface area contributed by atoms with Crippen molar-refractivity contribution in [2.45, 2.75) is 24.9 Å². The summed E-state index contributed by atoms with van der Waals surface area (Å²) >= 11 is 0. The van der Waals surface area contributed by atoms with Crippen LogP contribution in [0.4, 0.5) is 27.6 Å². The lowest BCUT2D eigenvalue weighted by Gasteiger charge is -2.09. The van der Waals surface area contributed by atoms with Gasteiger partial charge in [-0.15, -0.1) is 0 Å². The van der Waals surface area contributed by atoms with Crippen molar-refractivity contribution < 1.29 is 26.9 Å². The molecular formula is C13H8F5N3O2. The van der Waals surface area contributed by atoms with Crippen LogP contribution in [-0.2, 0) is 6.18 Å². The van der Waals surface area contributed by atoms with Crippen LogP contribution >= 0.6 is 0 Å². The highest BCUT2D eigenvalue weighted by Gasteiger charge is 2.39. The molecule has 1 saturated carbocycles. The van der Waals surface area contributed by atoms with Gasteiger partial charge in [0.25, 0.3) is 5.69 Å². The Balaban J connectivity index is 2.18. The molecule has 0 radical (unpaired) electrons. The van der Waals surface area contributed by atoms with Gasteiger partial charge in [-0.2, -0.15) is 18.3 Å². The van der Waals surface area contributed by atoms with Gasteiger partial charge >= 0.3 is 6.18 Å². The van der Waals surface area contributed by atoms with E-state index in [1.807, 2.05) is 0 Å². The number of aromatic nitrogens is 2. The molecule has 0 N–H and O–H groups in total. The minimum atomic E-state index is -4.76. The van der Waals surface area contributed by atoms with E-state index in [0.717, 1.165) is 6.07 Å². The summed E-state index contributed by atoms with van der Waals surface area (Å²) in [4.78, 5) is 9.58. The largest absolute Gasteiger partial charge is 0.435 e. The molecule has 0 saturated heterocycles. The zero-order valence-corrected chi connectivity index (χ0v) is 11.3. The topological polar surface area (TPSA) is 61.0 Å². The van der Waals surface area contributed by atoms with Crippen molar-refractivity contribution in [3.8, 4) is 5.69 Å². The molecule has 1 aromatic heterocycles. The second kappa shape index (κ2) is 5.00. The number of nitrogens with zero attached hydrogens (tertiary/aromatic N) is 3. The molecule has 23 heavy (non-hydrogen) atoms. The van der Waals surface area contributed by atoms with E-state index in [9.17, 15) is 32.1 Å². The molecule has 0 atom stereocenters. The van der Waals surface area contributed by atoms with Crippen LogP contribution in [0.25, 0.3) is 5.69 Å². The summed E-state index contributed by atoms with van der Waals surface area (Å²) in [6.45, 7) is 0. The van der Waals surface area contributed by atoms with Gasteiger partial charge in [-0.3, -0.25) is 10.1 Å². The fourth-order valence-corrected chi connectivity index (χ4v) is 2.24. The van der Waals surface area contributed by atoms with E-state index in [2.05, 4.69) is 5.10 Å². The van der Waals surface area contributed by atoms with E-state index >= 15 is 0 Å². The summed E-state index contributed by atoms with van der Waals surface area (Å²) in [5.41, 5.74) is -2.92. The van der Waals surface area contributed by atoms with Crippen molar-refractivity contribution >= 4 is 5.69 Å². The summed E-state index contributed by atoms with van der Waals surface area (Å²) in [6.07, 6.45) is -3.60. The van der Waals surface area contributed by atoms with Gasteiger partial charge in [0, 0.05) is 11.6 Å². The van der Waals surface area contributed by atoms with Crippen molar-refractivity contribution in [3.63, 3.8) is 0 Å². The Hall–Kier alpha value is -2.52. The van der Waals surface area contributed by atoms with Crippen LogP contribution in [0.15, 0.2) is 18.2 Å². The van der Waals surface area contributed by atoms with Crippen LogP contribution in [0.5, 0.6) is 0 Å². The van der Waals surface area contributed by atoms with Gasteiger partial charge in [-0.05, 0) is 18.9 Å². The van der Waals surface area contributed by atoms with Crippen LogP contribution in [0.1, 0.15) is 30.1 Å². The molecular weight excluding hydrogens is 325 g/mol. The van der Waals surface area contributed by atoms with Crippen LogP contribution in [0, 0.1) is 21.7 Å². The number of halogens is 5. The Bertz CT molecular complexity index is 772. The lowest BCUT2D eigenvalue weighted by atomic mass is 10.2. The number of hydrogen-bond acceptors (Lipinski definition) is 3. The summed E-state index contributed by atoms with van der Waals surface area (Å²) in [7, 11) is 0. The molecule has 1 aliphatic carbocycles. The predicted molar refractivity (Wildman–Crippen MR) is 67.1 cm³/mol. The third-order valence-electron chi connectivity index (χ3n) is 3.45. The molecule has 1 fully saturated rings. The maximum absolute atomic E-state index is 14.0. The van der Waals surface area contributed by atoms with Crippen molar-refractivity contribution in [2.75, 3.05) is 0 Å². The van der Waals surface area contributed by atoms with Gasteiger partial charge in [-0.25, -0.2) is 13.5 Å². The number of benzene rings is 1. The first-order chi connectivity index (χ1) is 10.7. The van der Waals surface area contributed by atoms with Crippen molar-refractivity contribution in [1.29, 1.82) is 0 Å². The first-order valence-corrected chi connectivity index (χ1v) is 6.49. The first-order valence-electron chi connectivity index (χ1n) is 6.49. The zero-order valence-electron chi connectivity index (χ0n) is 11.3. The summed E-state index contributed by atoms with van der Waals surface area (Å²) in [6, 6.07) is 1.64. The van der Waals surface area contributed by atoms with Crippen molar-refractivity contribution in [2.24, 2.45) is 0 Å². The molecule has 5 nitrogen and oxygen atoms in total. The molecule has 1 heterocycles. The zero-order chi connectivity index (χ0) is 16.9. The van der Waals surface area contributed by atoms with E-state index in [0.29, 0.717) is 29.7 Å². The second-order valence-corrected chi connectivity index (χ2v) is 5.15. The quantitative estimate of drug-likeness (QED) is 0.485. The van der Waals surface area contributed by atoms with Crippen molar-refractivity contribution in [3.05, 3.63) is 51.3 Å². The van der Waals surface area contributed by atoms with Crippen LogP contribution in [0.2, 0.25) is 0 Å². The van der Waals surface area contributed by atoms with Gasteiger partial charge in [0.05, 0.1) is 17.1 Å². The van der Waals surface area contributed by atoms with Crippen LogP contribution in [0.3, 0.4) is 0 Å². The van der Waals surface area contributed by atoms with Crippen LogP contribution < -0.4 is 0 Å². The highest BCUT2D eigenvalue weighted by atomic mass is 19.4. The Morgan fingerprint density at radius 3 is 2.17 bits per heavy atom. The molecule has 3 rings (SSSR count). The third-order valence-corrected chi connectivity index (χ3v) is 3.45. The molecule has 0 amide bonds. The summed E-state index contributed by atoms with van der Waals surface area (Å²) < 4.78 is 67.0. The van der Waals surface area contributed by atoms with Crippen LogP contribution in [-0.4, -0.2) is 14.7 Å². The maximum atomic E-state index is 14.0. The van der Waals surface area contributed by atoms with Gasteiger partial charge < -0.3 is 0 Å². The molecule has 1 aliphatic rings. The number of non-ortho nitro benzene ring substituents is 1. The number of hydrogen-bond donors (Lipinski definition) is 0. The third kappa shape index (κ3) is 2.76. The number of nitro benzene ring substituents is 1. The Kier molecular flexibility index (Phi) is 3.34. The fraction of sp³-hybridized carbons (Fsp3) is 0.308. The fourth-order valence-electron chi connectivity index (χ4n) is 2.24. The number of alkyl halides is 3. The van der Waals surface area contributed by atoms with E-state index < -0.39 is 39.8 Å². The lowest BCUT2D eigenvalue weighted by Crippen LogP contribution is -2.10. The maximum Gasteiger partial charge on any atom is 0.435 e. The lowest BCUT2D eigenvalue weighted by molar-refractivity contribution is -0.385. The highest BCUT2D eigenvalue weighted by molar-refractivity contribution is 5.45. The molecule has 122 valence electrons. The van der Waals surface area contributed by atoms with Gasteiger partial charge in [-0.1, -0.05) is 0 Å². The van der Waals surface area contributed by atoms with Gasteiger partial charge in [0.15, 0.2) is 17.3 Å². The SMILES string of the molecule is O=[N+]([O-])c1cc(F)c(-n2nc(C(F)(F)F)cc2C2CC2)c(F)c1. The van der Waals surface area contributed by atoms with E-state index in [1.54, 1.807) is 0 Å². The number of rotatable bonds is 3. The predicted octanol–water partition coefficient (Wildman–Crippen LogP) is 3.95. The second-order valence-electron chi connectivity index (χ2n) is 5.15.